The molecule has 0 aliphatic heterocycles. The second-order valence-electron chi connectivity index (χ2n) is 2.82. The lowest BCUT2D eigenvalue weighted by Crippen LogP contribution is -2.39. The smallest absolute Gasteiger partial charge is 0.228 e. The molecule has 0 radical (unpaired) electrons. The van der Waals surface area contributed by atoms with Crippen LogP contribution in [0.15, 0.2) is 0 Å². The maximum absolute atomic E-state index is 11.5. The topological polar surface area (TPSA) is 88.4 Å². The fourth-order valence-electron chi connectivity index (χ4n) is 0.928. The summed E-state index contributed by atoms with van der Waals surface area (Å²) in [5, 5.41) is 7.57. The summed E-state index contributed by atoms with van der Waals surface area (Å²) in [6.07, 6.45) is -0.396. The Balaban J connectivity index is 4.34. The zero-order valence-corrected chi connectivity index (χ0v) is 9.87. The molecule has 0 aliphatic rings. The monoisotopic (exact) mass is 236 g/mol. The van der Waals surface area contributed by atoms with E-state index >= 15 is 0 Å². The zero-order chi connectivity index (χ0) is 11.9. The van der Waals surface area contributed by atoms with Gasteiger partial charge in [0.05, 0.1) is 12.6 Å². The summed E-state index contributed by atoms with van der Waals surface area (Å²) < 4.78 is 34.9. The minimum Gasteiger partial charge on any atom is -0.355 e. The van der Waals surface area contributed by atoms with Crippen molar-refractivity contribution < 1.29 is 17.9 Å². The highest BCUT2D eigenvalue weighted by molar-refractivity contribution is 7.90. The second-order valence-corrected chi connectivity index (χ2v) is 4.77. The van der Waals surface area contributed by atoms with Gasteiger partial charge in [-0.15, -0.1) is 0 Å². The van der Waals surface area contributed by atoms with Crippen molar-refractivity contribution in [2.45, 2.75) is 24.9 Å². The normalized spacial score (nSPS) is 13.8. The Morgan fingerprint density at radius 3 is 2.27 bits per heavy atom. The van der Waals surface area contributed by atoms with Crippen LogP contribution in [-0.4, -0.2) is 40.7 Å². The average molecular weight is 236 g/mol. The van der Waals surface area contributed by atoms with Crippen LogP contribution < -0.4 is 4.72 Å². The van der Waals surface area contributed by atoms with Crippen molar-refractivity contribution in [1.29, 1.82) is 5.26 Å². The quantitative estimate of drug-likeness (QED) is 0.620. The maximum Gasteiger partial charge on any atom is 0.228 e. The lowest BCUT2D eigenvalue weighted by molar-refractivity contribution is -0.0960. The summed E-state index contributed by atoms with van der Waals surface area (Å²) >= 11 is 0. The molecule has 15 heavy (non-hydrogen) atoms. The molecule has 0 aliphatic carbocycles. The predicted octanol–water partition coefficient (Wildman–Crippen LogP) is -0.173. The van der Waals surface area contributed by atoms with Crippen LogP contribution in [-0.2, 0) is 19.5 Å². The number of ether oxygens (including phenoxy) is 2. The number of sulfonamides is 1. The van der Waals surface area contributed by atoms with Gasteiger partial charge < -0.3 is 9.47 Å². The van der Waals surface area contributed by atoms with Crippen molar-refractivity contribution in [1.82, 2.24) is 4.72 Å². The highest BCUT2D eigenvalue weighted by Crippen LogP contribution is 2.02. The molecule has 0 fully saturated rings. The molecule has 1 N–H and O–H groups in total. The highest BCUT2D eigenvalue weighted by atomic mass is 32.2. The molecule has 1 atom stereocenters. The highest BCUT2D eigenvalue weighted by Gasteiger charge is 2.23. The Morgan fingerprint density at radius 1 is 1.40 bits per heavy atom. The summed E-state index contributed by atoms with van der Waals surface area (Å²) in [5.41, 5.74) is 0. The van der Waals surface area contributed by atoms with Crippen LogP contribution in [0, 0.1) is 11.3 Å². The molecule has 6 nitrogen and oxygen atoms in total. The predicted molar refractivity (Wildman–Crippen MR) is 54.4 cm³/mol. The van der Waals surface area contributed by atoms with E-state index in [-0.39, 0.29) is 13.0 Å². The van der Waals surface area contributed by atoms with Gasteiger partial charge in [-0.25, -0.2) is 13.1 Å². The third kappa shape index (κ3) is 4.57. The largest absolute Gasteiger partial charge is 0.355 e. The van der Waals surface area contributed by atoms with Crippen molar-refractivity contribution in [2.75, 3.05) is 20.8 Å². The van der Waals surface area contributed by atoms with Gasteiger partial charge in [0.2, 0.25) is 10.0 Å². The van der Waals surface area contributed by atoms with Crippen LogP contribution in [0.5, 0.6) is 0 Å². The third-order valence-electron chi connectivity index (χ3n) is 1.87. The first kappa shape index (κ1) is 14.3. The minimum atomic E-state index is -3.61. The van der Waals surface area contributed by atoms with E-state index in [0.717, 1.165) is 0 Å². The molecule has 88 valence electrons. The first-order valence-electron chi connectivity index (χ1n) is 4.45. The molecule has 0 saturated carbocycles. The molecule has 0 rings (SSSR count). The molecule has 0 saturated heterocycles. The fraction of sp³-hybridized carbons (Fsp3) is 0.875. The number of methoxy groups -OCH3 is 2. The van der Waals surface area contributed by atoms with E-state index in [4.69, 9.17) is 14.7 Å². The van der Waals surface area contributed by atoms with Gasteiger partial charge in [0.15, 0.2) is 11.5 Å². The Hall–Kier alpha value is -0.680. The average Bonchev–Trinajstić information content (AvgIpc) is 2.20. The van der Waals surface area contributed by atoms with E-state index in [1.54, 1.807) is 13.0 Å². The van der Waals surface area contributed by atoms with Crippen LogP contribution in [0.3, 0.4) is 0 Å². The number of nitrogens with zero attached hydrogens (tertiary/aromatic N) is 1. The van der Waals surface area contributed by atoms with Crippen molar-refractivity contribution in [3.63, 3.8) is 0 Å². The first-order valence-corrected chi connectivity index (χ1v) is 6.00. The lowest BCUT2D eigenvalue weighted by Gasteiger charge is -2.15. The fourth-order valence-corrected chi connectivity index (χ4v) is 2.07. The standard InChI is InChI=1S/C8H16N2O4S/c1-4-7(5-9)15(11,12)10-6-8(13-2)14-3/h7-8,10H,4,6H2,1-3H3. The summed E-state index contributed by atoms with van der Waals surface area (Å²) in [7, 11) is -0.795. The van der Waals surface area contributed by atoms with E-state index in [0.29, 0.717) is 0 Å². The summed E-state index contributed by atoms with van der Waals surface area (Å²) in [6.45, 7) is 1.63. The molecule has 0 heterocycles. The Kier molecular flexibility index (Phi) is 6.43. The van der Waals surface area contributed by atoms with Gasteiger partial charge in [-0.2, -0.15) is 5.26 Å². The number of hydrogen-bond acceptors (Lipinski definition) is 5. The Bertz CT molecular complexity index is 305. The molecule has 0 aromatic carbocycles. The molecule has 0 bridgehead atoms. The zero-order valence-electron chi connectivity index (χ0n) is 9.06. The van der Waals surface area contributed by atoms with E-state index < -0.39 is 21.6 Å². The van der Waals surface area contributed by atoms with Crippen LogP contribution in [0.4, 0.5) is 0 Å². The number of hydrogen-bond donors (Lipinski definition) is 1. The molecule has 0 aromatic rings. The molecule has 0 aromatic heterocycles. The number of nitriles is 1. The summed E-state index contributed by atoms with van der Waals surface area (Å²) in [6, 6.07) is 1.72. The third-order valence-corrected chi connectivity index (χ3v) is 3.62. The van der Waals surface area contributed by atoms with Gasteiger partial charge in [0, 0.05) is 14.2 Å². The maximum atomic E-state index is 11.5. The van der Waals surface area contributed by atoms with Crippen LogP contribution in [0.25, 0.3) is 0 Å². The number of rotatable bonds is 7. The van der Waals surface area contributed by atoms with Gasteiger partial charge >= 0.3 is 0 Å². The second kappa shape index (κ2) is 6.74. The van der Waals surface area contributed by atoms with Gasteiger partial charge in [-0.1, -0.05) is 6.92 Å². The van der Waals surface area contributed by atoms with Crippen LogP contribution in [0.2, 0.25) is 0 Å². The van der Waals surface area contributed by atoms with Crippen molar-refractivity contribution in [3.05, 3.63) is 0 Å². The molecular weight excluding hydrogens is 220 g/mol. The molecule has 1 unspecified atom stereocenters. The Morgan fingerprint density at radius 2 is 1.93 bits per heavy atom. The van der Waals surface area contributed by atoms with E-state index in [1.165, 1.54) is 14.2 Å². The van der Waals surface area contributed by atoms with Crippen molar-refractivity contribution in [2.24, 2.45) is 0 Å². The molecule has 0 amide bonds. The summed E-state index contributed by atoms with van der Waals surface area (Å²) in [4.78, 5) is 0. The van der Waals surface area contributed by atoms with Crippen molar-refractivity contribution >= 4 is 10.0 Å². The minimum absolute atomic E-state index is 0.00644. The van der Waals surface area contributed by atoms with Gasteiger partial charge in [-0.3, -0.25) is 0 Å². The van der Waals surface area contributed by atoms with Crippen LogP contribution in [0.1, 0.15) is 13.3 Å². The van der Waals surface area contributed by atoms with E-state index in [9.17, 15) is 8.42 Å². The van der Waals surface area contributed by atoms with E-state index in [2.05, 4.69) is 4.72 Å². The lowest BCUT2D eigenvalue weighted by atomic mass is 10.4. The Labute approximate surface area is 90.2 Å². The van der Waals surface area contributed by atoms with Gasteiger partial charge in [0.25, 0.3) is 0 Å². The molecular formula is C8H16N2O4S. The number of nitrogens with one attached hydrogen (secondary N) is 1. The van der Waals surface area contributed by atoms with Gasteiger partial charge in [0.1, 0.15) is 0 Å². The van der Waals surface area contributed by atoms with E-state index in [1.807, 2.05) is 0 Å². The SMILES string of the molecule is CCC(C#N)S(=O)(=O)NCC(OC)OC. The molecule has 0 spiro atoms. The van der Waals surface area contributed by atoms with Crippen molar-refractivity contribution in [3.8, 4) is 6.07 Å². The first-order chi connectivity index (χ1) is 7.01. The van der Waals surface area contributed by atoms with Crippen LogP contribution >= 0.6 is 0 Å². The van der Waals surface area contributed by atoms with Gasteiger partial charge in [-0.05, 0) is 6.42 Å². The molecule has 7 heteroatoms. The summed E-state index contributed by atoms with van der Waals surface area (Å²) in [5.74, 6) is 0.